The van der Waals surface area contributed by atoms with E-state index in [1.165, 1.54) is 0 Å². The first-order valence-corrected chi connectivity index (χ1v) is 5.35. The van der Waals surface area contributed by atoms with E-state index in [0.29, 0.717) is 6.61 Å². The molecule has 0 amide bonds. The summed E-state index contributed by atoms with van der Waals surface area (Å²) in [7, 11) is 0. The molecule has 0 aromatic carbocycles. The highest BCUT2D eigenvalue weighted by molar-refractivity contribution is 5.32. The zero-order valence-corrected chi connectivity index (χ0v) is 9.79. The number of nitrogens with two attached hydrogens (primary N) is 1. The van der Waals surface area contributed by atoms with E-state index >= 15 is 0 Å². The standard InChI is InChI=1S/C9H14F3N5O/c1-2-18-8-16-6(13)15-7(17-8)14-5-3-4-9(10,11)12/h2-5H2,1H3,(H3,13,14,15,16,17). The van der Waals surface area contributed by atoms with Gasteiger partial charge in [-0.2, -0.15) is 28.1 Å². The third-order valence-corrected chi connectivity index (χ3v) is 1.83. The average molecular weight is 265 g/mol. The summed E-state index contributed by atoms with van der Waals surface area (Å²) in [6.45, 7) is 2.20. The van der Waals surface area contributed by atoms with Gasteiger partial charge in [0, 0.05) is 13.0 Å². The Bertz CT molecular complexity index is 385. The molecule has 18 heavy (non-hydrogen) atoms. The Labute approximate surface area is 102 Å². The fourth-order valence-electron chi connectivity index (χ4n) is 1.13. The van der Waals surface area contributed by atoms with Crippen LogP contribution in [0.25, 0.3) is 0 Å². The summed E-state index contributed by atoms with van der Waals surface area (Å²) < 4.78 is 40.7. The molecule has 0 aliphatic carbocycles. The Morgan fingerprint density at radius 2 is 2.00 bits per heavy atom. The van der Waals surface area contributed by atoms with Crippen molar-refractivity contribution in [1.29, 1.82) is 0 Å². The third kappa shape index (κ3) is 5.51. The van der Waals surface area contributed by atoms with Crippen LogP contribution in [0.4, 0.5) is 25.1 Å². The van der Waals surface area contributed by atoms with Crippen molar-refractivity contribution in [2.45, 2.75) is 25.9 Å². The number of ether oxygens (including phenoxy) is 1. The maximum absolute atomic E-state index is 11.9. The molecule has 1 aromatic rings. The molecule has 6 nitrogen and oxygen atoms in total. The lowest BCUT2D eigenvalue weighted by Gasteiger charge is -2.08. The van der Waals surface area contributed by atoms with Gasteiger partial charge in [0.25, 0.3) is 0 Å². The Hall–Kier alpha value is -1.80. The molecule has 0 fully saturated rings. The highest BCUT2D eigenvalue weighted by Crippen LogP contribution is 2.21. The minimum absolute atomic E-state index is 0.0447. The molecule has 1 heterocycles. The van der Waals surface area contributed by atoms with Crippen LogP contribution in [0.2, 0.25) is 0 Å². The SMILES string of the molecule is CCOc1nc(N)nc(NCCCC(F)(F)F)n1. The van der Waals surface area contributed by atoms with Gasteiger partial charge in [0.15, 0.2) is 0 Å². The number of halogens is 3. The fourth-order valence-corrected chi connectivity index (χ4v) is 1.13. The Morgan fingerprint density at radius 1 is 1.28 bits per heavy atom. The second-order valence-corrected chi connectivity index (χ2v) is 3.38. The smallest absolute Gasteiger partial charge is 0.389 e. The number of hydrogen-bond acceptors (Lipinski definition) is 6. The molecule has 0 unspecified atom stereocenters. The summed E-state index contributed by atoms with van der Waals surface area (Å²) >= 11 is 0. The fraction of sp³-hybridized carbons (Fsp3) is 0.667. The van der Waals surface area contributed by atoms with Gasteiger partial charge in [0.2, 0.25) is 11.9 Å². The van der Waals surface area contributed by atoms with Crippen LogP contribution in [0.5, 0.6) is 6.01 Å². The molecule has 0 radical (unpaired) electrons. The molecule has 3 N–H and O–H groups in total. The predicted molar refractivity (Wildman–Crippen MR) is 59.2 cm³/mol. The molecule has 0 saturated heterocycles. The molecular formula is C9H14F3N5O. The Kier molecular flexibility index (Phi) is 4.93. The number of nitrogen functional groups attached to an aromatic ring is 1. The van der Waals surface area contributed by atoms with Gasteiger partial charge in [-0.1, -0.05) is 0 Å². The lowest BCUT2D eigenvalue weighted by Crippen LogP contribution is -2.13. The van der Waals surface area contributed by atoms with E-state index in [-0.39, 0.29) is 30.9 Å². The number of nitrogens with zero attached hydrogens (tertiary/aromatic N) is 3. The number of nitrogens with one attached hydrogen (secondary N) is 1. The number of anilines is 2. The normalized spacial score (nSPS) is 11.3. The summed E-state index contributed by atoms with van der Waals surface area (Å²) in [6, 6.07) is 0.0447. The maximum atomic E-state index is 11.9. The number of alkyl halides is 3. The van der Waals surface area contributed by atoms with Crippen molar-refractivity contribution in [3.05, 3.63) is 0 Å². The van der Waals surface area contributed by atoms with Crippen LogP contribution in [0.15, 0.2) is 0 Å². The first kappa shape index (κ1) is 14.3. The summed E-state index contributed by atoms with van der Waals surface area (Å²) in [6.07, 6.45) is -5.09. The largest absolute Gasteiger partial charge is 0.464 e. The van der Waals surface area contributed by atoms with E-state index in [9.17, 15) is 13.2 Å². The van der Waals surface area contributed by atoms with Crippen LogP contribution in [0.3, 0.4) is 0 Å². The molecule has 0 bridgehead atoms. The lowest BCUT2D eigenvalue weighted by molar-refractivity contribution is -0.134. The van der Waals surface area contributed by atoms with Crippen molar-refractivity contribution in [2.75, 3.05) is 24.2 Å². The summed E-state index contributed by atoms with van der Waals surface area (Å²) in [5.74, 6) is 0.0555. The second-order valence-electron chi connectivity index (χ2n) is 3.38. The molecule has 9 heteroatoms. The molecule has 0 saturated carbocycles. The van der Waals surface area contributed by atoms with Crippen molar-refractivity contribution in [1.82, 2.24) is 15.0 Å². The monoisotopic (exact) mass is 265 g/mol. The van der Waals surface area contributed by atoms with Gasteiger partial charge in [-0.3, -0.25) is 0 Å². The van der Waals surface area contributed by atoms with Crippen LogP contribution in [-0.4, -0.2) is 34.3 Å². The number of hydrogen-bond donors (Lipinski definition) is 2. The third-order valence-electron chi connectivity index (χ3n) is 1.83. The van der Waals surface area contributed by atoms with Gasteiger partial charge < -0.3 is 15.8 Å². The molecule has 0 atom stereocenters. The average Bonchev–Trinajstić information content (AvgIpc) is 2.23. The molecule has 102 valence electrons. The minimum atomic E-state index is -4.16. The molecule has 0 aliphatic rings. The van der Waals surface area contributed by atoms with E-state index in [2.05, 4.69) is 20.3 Å². The van der Waals surface area contributed by atoms with Crippen molar-refractivity contribution >= 4 is 11.9 Å². The van der Waals surface area contributed by atoms with E-state index < -0.39 is 12.6 Å². The van der Waals surface area contributed by atoms with E-state index in [1.54, 1.807) is 6.92 Å². The van der Waals surface area contributed by atoms with E-state index in [4.69, 9.17) is 10.5 Å². The second kappa shape index (κ2) is 6.22. The highest BCUT2D eigenvalue weighted by Gasteiger charge is 2.25. The molecule has 1 rings (SSSR count). The maximum Gasteiger partial charge on any atom is 0.389 e. The topological polar surface area (TPSA) is 86.0 Å². The summed E-state index contributed by atoms with van der Waals surface area (Å²) in [5.41, 5.74) is 5.40. The minimum Gasteiger partial charge on any atom is -0.464 e. The van der Waals surface area contributed by atoms with Crippen molar-refractivity contribution in [3.63, 3.8) is 0 Å². The predicted octanol–water partition coefficient (Wildman–Crippen LogP) is 1.61. The van der Waals surface area contributed by atoms with Crippen LogP contribution >= 0.6 is 0 Å². The first-order valence-electron chi connectivity index (χ1n) is 5.35. The van der Waals surface area contributed by atoms with Gasteiger partial charge >= 0.3 is 12.2 Å². The molecule has 1 aromatic heterocycles. The van der Waals surface area contributed by atoms with E-state index in [1.807, 2.05) is 0 Å². The quantitative estimate of drug-likeness (QED) is 0.760. The number of rotatable bonds is 6. The zero-order chi connectivity index (χ0) is 13.6. The number of aromatic nitrogens is 3. The van der Waals surface area contributed by atoms with Gasteiger partial charge in [-0.05, 0) is 13.3 Å². The van der Waals surface area contributed by atoms with E-state index in [0.717, 1.165) is 0 Å². The van der Waals surface area contributed by atoms with Crippen molar-refractivity contribution in [2.24, 2.45) is 0 Å². The first-order chi connectivity index (χ1) is 8.40. The van der Waals surface area contributed by atoms with Crippen molar-refractivity contribution < 1.29 is 17.9 Å². The van der Waals surface area contributed by atoms with Crippen LogP contribution < -0.4 is 15.8 Å². The molecular weight excluding hydrogens is 251 g/mol. The summed E-state index contributed by atoms with van der Waals surface area (Å²) in [4.78, 5) is 11.3. The Balaban J connectivity index is 2.46. The van der Waals surface area contributed by atoms with Crippen LogP contribution in [0.1, 0.15) is 19.8 Å². The molecule has 0 spiro atoms. The van der Waals surface area contributed by atoms with Gasteiger partial charge in [0.05, 0.1) is 6.61 Å². The van der Waals surface area contributed by atoms with Gasteiger partial charge in [0.1, 0.15) is 0 Å². The molecule has 0 aliphatic heterocycles. The van der Waals surface area contributed by atoms with Gasteiger partial charge in [-0.25, -0.2) is 0 Å². The lowest BCUT2D eigenvalue weighted by atomic mass is 10.3. The van der Waals surface area contributed by atoms with Crippen LogP contribution in [-0.2, 0) is 0 Å². The van der Waals surface area contributed by atoms with Crippen molar-refractivity contribution in [3.8, 4) is 6.01 Å². The Morgan fingerprint density at radius 3 is 2.61 bits per heavy atom. The van der Waals surface area contributed by atoms with Crippen LogP contribution in [0, 0.1) is 0 Å². The zero-order valence-electron chi connectivity index (χ0n) is 9.79. The highest BCUT2D eigenvalue weighted by atomic mass is 19.4. The summed E-state index contributed by atoms with van der Waals surface area (Å²) in [5, 5.41) is 2.63. The van der Waals surface area contributed by atoms with Gasteiger partial charge in [-0.15, -0.1) is 0 Å².